The maximum absolute atomic E-state index is 4.64. The lowest BCUT2D eigenvalue weighted by atomic mass is 9.96. The Balaban J connectivity index is 1.81. The van der Waals surface area contributed by atoms with E-state index in [-0.39, 0.29) is 0 Å². The van der Waals surface area contributed by atoms with Crippen molar-refractivity contribution in [3.8, 4) is 0 Å². The van der Waals surface area contributed by atoms with Crippen LogP contribution in [0.1, 0.15) is 44.4 Å². The smallest absolute Gasteiger partial charge is 0.135 e. The summed E-state index contributed by atoms with van der Waals surface area (Å²) in [6, 6.07) is 0.504. The van der Waals surface area contributed by atoms with Gasteiger partial charge in [-0.05, 0) is 65.0 Å². The van der Waals surface area contributed by atoms with Crippen LogP contribution in [0, 0.1) is 5.92 Å². The fourth-order valence-electron chi connectivity index (χ4n) is 3.47. The van der Waals surface area contributed by atoms with Gasteiger partial charge in [0, 0.05) is 23.8 Å². The van der Waals surface area contributed by atoms with Gasteiger partial charge in [0.05, 0.1) is 0 Å². The van der Waals surface area contributed by atoms with Crippen molar-refractivity contribution < 1.29 is 0 Å². The first kappa shape index (κ1) is 13.8. The molecule has 1 aromatic heterocycles. The number of hydrogen-bond acceptors (Lipinski definition) is 4. The van der Waals surface area contributed by atoms with Crippen LogP contribution in [0.3, 0.4) is 0 Å². The molecule has 2 aliphatic rings. The van der Waals surface area contributed by atoms with Gasteiger partial charge >= 0.3 is 0 Å². The number of hydrogen-bond donors (Lipinski definition) is 1. The Kier molecular flexibility index (Phi) is 4.20. The van der Waals surface area contributed by atoms with E-state index in [4.69, 9.17) is 0 Å². The van der Waals surface area contributed by atoms with Crippen LogP contribution in [0.5, 0.6) is 0 Å². The number of nitrogens with one attached hydrogen (secondary N) is 1. The van der Waals surface area contributed by atoms with Crippen molar-refractivity contribution in [2.24, 2.45) is 5.92 Å². The van der Waals surface area contributed by atoms with Crippen LogP contribution in [-0.2, 0) is 12.8 Å². The highest BCUT2D eigenvalue weighted by molar-refractivity contribution is 5.51. The summed E-state index contributed by atoms with van der Waals surface area (Å²) in [5.41, 5.74) is 2.70. The van der Waals surface area contributed by atoms with Crippen LogP contribution in [0.25, 0.3) is 0 Å². The summed E-state index contributed by atoms with van der Waals surface area (Å²) in [5, 5.41) is 3.45. The van der Waals surface area contributed by atoms with E-state index in [0.29, 0.717) is 6.04 Å². The molecule has 1 aliphatic heterocycles. The molecular formula is C16H26N4. The lowest BCUT2D eigenvalue weighted by Crippen LogP contribution is -2.40. The number of rotatable bonds is 4. The Labute approximate surface area is 122 Å². The maximum atomic E-state index is 4.64. The minimum atomic E-state index is 0.504. The lowest BCUT2D eigenvalue weighted by Gasteiger charge is -2.34. The lowest BCUT2D eigenvalue weighted by molar-refractivity contribution is 0.366. The van der Waals surface area contributed by atoms with Crippen molar-refractivity contribution in [2.45, 2.75) is 52.0 Å². The Bertz CT molecular complexity index is 452. The first-order chi connectivity index (χ1) is 9.75. The quantitative estimate of drug-likeness (QED) is 0.913. The Morgan fingerprint density at radius 3 is 2.80 bits per heavy atom. The fraction of sp³-hybridized carbons (Fsp3) is 0.750. The molecule has 0 aromatic carbocycles. The summed E-state index contributed by atoms with van der Waals surface area (Å²) in [6.45, 7) is 8.04. The molecule has 1 fully saturated rings. The van der Waals surface area contributed by atoms with E-state index >= 15 is 0 Å². The van der Waals surface area contributed by atoms with Gasteiger partial charge in [-0.15, -0.1) is 0 Å². The van der Waals surface area contributed by atoms with Crippen LogP contribution in [0.4, 0.5) is 5.82 Å². The highest BCUT2D eigenvalue weighted by Crippen LogP contribution is 2.30. The second kappa shape index (κ2) is 6.08. The minimum Gasteiger partial charge on any atom is -0.354 e. The zero-order chi connectivity index (χ0) is 13.9. The molecule has 1 aromatic rings. The molecule has 1 N–H and O–H groups in total. The van der Waals surface area contributed by atoms with E-state index in [0.717, 1.165) is 25.3 Å². The van der Waals surface area contributed by atoms with E-state index in [1.54, 1.807) is 6.33 Å². The van der Waals surface area contributed by atoms with Gasteiger partial charge in [-0.1, -0.05) is 0 Å². The van der Waals surface area contributed by atoms with Crippen molar-refractivity contribution in [3.63, 3.8) is 0 Å². The van der Waals surface area contributed by atoms with Gasteiger partial charge in [0.15, 0.2) is 0 Å². The van der Waals surface area contributed by atoms with Crippen molar-refractivity contribution in [1.29, 1.82) is 0 Å². The predicted molar refractivity (Wildman–Crippen MR) is 82.1 cm³/mol. The van der Waals surface area contributed by atoms with E-state index in [9.17, 15) is 0 Å². The van der Waals surface area contributed by atoms with Gasteiger partial charge in [0.25, 0.3) is 0 Å². The largest absolute Gasteiger partial charge is 0.354 e. The van der Waals surface area contributed by atoms with Crippen molar-refractivity contribution >= 4 is 5.82 Å². The molecule has 4 nitrogen and oxygen atoms in total. The summed E-state index contributed by atoms with van der Waals surface area (Å²) in [5.74, 6) is 2.01. The topological polar surface area (TPSA) is 41.0 Å². The number of aryl methyl sites for hydroxylation is 1. The zero-order valence-electron chi connectivity index (χ0n) is 12.7. The molecule has 0 bridgehead atoms. The molecule has 2 heterocycles. The van der Waals surface area contributed by atoms with E-state index < -0.39 is 0 Å². The second-order valence-electron chi connectivity index (χ2n) is 6.42. The van der Waals surface area contributed by atoms with Crippen molar-refractivity contribution in [2.75, 3.05) is 24.5 Å². The molecule has 0 radical (unpaired) electrons. The van der Waals surface area contributed by atoms with Crippen LogP contribution in [0.15, 0.2) is 6.33 Å². The van der Waals surface area contributed by atoms with Gasteiger partial charge in [-0.2, -0.15) is 0 Å². The van der Waals surface area contributed by atoms with Gasteiger partial charge < -0.3 is 10.2 Å². The molecule has 1 aliphatic carbocycles. The third-order valence-electron chi connectivity index (χ3n) is 4.66. The molecular weight excluding hydrogens is 248 g/mol. The van der Waals surface area contributed by atoms with Crippen LogP contribution in [0.2, 0.25) is 0 Å². The zero-order valence-corrected chi connectivity index (χ0v) is 12.7. The second-order valence-corrected chi connectivity index (χ2v) is 6.42. The average Bonchev–Trinajstić information content (AvgIpc) is 2.94. The Hall–Kier alpha value is -1.16. The molecule has 4 heteroatoms. The third-order valence-corrected chi connectivity index (χ3v) is 4.66. The van der Waals surface area contributed by atoms with Crippen LogP contribution < -0.4 is 10.2 Å². The summed E-state index contributed by atoms with van der Waals surface area (Å²) in [6.07, 6.45) is 7.86. The third kappa shape index (κ3) is 2.80. The van der Waals surface area contributed by atoms with Crippen LogP contribution >= 0.6 is 0 Å². The molecule has 20 heavy (non-hydrogen) atoms. The Morgan fingerprint density at radius 1 is 1.25 bits per heavy atom. The average molecular weight is 274 g/mol. The number of anilines is 1. The number of piperidine rings is 1. The van der Waals surface area contributed by atoms with Gasteiger partial charge in [0.2, 0.25) is 0 Å². The first-order valence-corrected chi connectivity index (χ1v) is 8.06. The molecule has 0 amide bonds. The summed E-state index contributed by atoms with van der Waals surface area (Å²) in [4.78, 5) is 11.6. The summed E-state index contributed by atoms with van der Waals surface area (Å²) in [7, 11) is 0. The molecule has 0 saturated carbocycles. The van der Waals surface area contributed by atoms with E-state index in [1.165, 1.54) is 49.4 Å². The molecule has 0 spiro atoms. The van der Waals surface area contributed by atoms with Gasteiger partial charge in [-0.3, -0.25) is 0 Å². The van der Waals surface area contributed by atoms with E-state index in [1.807, 2.05) is 0 Å². The standard InChI is InChI=1S/C16H26N4/c1-12(2)20(10-13-6-8-17-9-7-13)16-14-4-3-5-15(14)18-11-19-16/h11-13,17H,3-10H2,1-2H3. The molecule has 110 valence electrons. The first-order valence-electron chi connectivity index (χ1n) is 8.06. The maximum Gasteiger partial charge on any atom is 0.135 e. The molecule has 0 unspecified atom stereocenters. The van der Waals surface area contributed by atoms with Crippen LogP contribution in [-0.4, -0.2) is 35.6 Å². The highest BCUT2D eigenvalue weighted by Gasteiger charge is 2.25. The van der Waals surface area contributed by atoms with Gasteiger partial charge in [-0.25, -0.2) is 9.97 Å². The Morgan fingerprint density at radius 2 is 2.05 bits per heavy atom. The van der Waals surface area contributed by atoms with Gasteiger partial charge in [0.1, 0.15) is 12.1 Å². The minimum absolute atomic E-state index is 0.504. The van der Waals surface area contributed by atoms with Crippen molar-refractivity contribution in [1.82, 2.24) is 15.3 Å². The normalized spacial score (nSPS) is 19.4. The molecule has 1 saturated heterocycles. The van der Waals surface area contributed by atoms with E-state index in [2.05, 4.69) is 34.0 Å². The summed E-state index contributed by atoms with van der Waals surface area (Å²) < 4.78 is 0. The monoisotopic (exact) mass is 274 g/mol. The molecule has 0 atom stereocenters. The van der Waals surface area contributed by atoms with Crippen molar-refractivity contribution in [3.05, 3.63) is 17.6 Å². The predicted octanol–water partition coefficient (Wildman–Crippen LogP) is 2.18. The number of aromatic nitrogens is 2. The highest BCUT2D eigenvalue weighted by atomic mass is 15.2. The fourth-order valence-corrected chi connectivity index (χ4v) is 3.47. The SMILES string of the molecule is CC(C)N(CC1CCNCC1)c1ncnc2c1CCC2. The number of nitrogens with zero attached hydrogens (tertiary/aromatic N) is 3. The summed E-state index contributed by atoms with van der Waals surface area (Å²) >= 11 is 0. The molecule has 3 rings (SSSR count). The number of fused-ring (bicyclic) bond motifs is 1.